The lowest BCUT2D eigenvalue weighted by molar-refractivity contribution is -0.0259. The van der Waals surface area contributed by atoms with Gasteiger partial charge in [0.1, 0.15) is 0 Å². The highest BCUT2D eigenvalue weighted by atomic mass is 16.5. The fourth-order valence-corrected chi connectivity index (χ4v) is 3.70. The van der Waals surface area contributed by atoms with Crippen molar-refractivity contribution in [3.8, 4) is 11.5 Å². The number of piperidine rings is 1. The van der Waals surface area contributed by atoms with Gasteiger partial charge in [0, 0.05) is 30.1 Å². The topological polar surface area (TPSA) is 41.9 Å². The van der Waals surface area contributed by atoms with E-state index in [0.29, 0.717) is 24.1 Å². The van der Waals surface area contributed by atoms with E-state index < -0.39 is 57.6 Å². The number of rotatable bonds is 3. The summed E-state index contributed by atoms with van der Waals surface area (Å²) < 4.78 is 119. The van der Waals surface area contributed by atoms with Crippen molar-refractivity contribution in [3.63, 3.8) is 0 Å². The molecule has 0 aliphatic carbocycles. The van der Waals surface area contributed by atoms with Gasteiger partial charge in [0.25, 0.3) is 0 Å². The molecule has 134 valence electrons. The van der Waals surface area contributed by atoms with E-state index in [1.54, 1.807) is 4.90 Å². The Labute approximate surface area is 165 Å². The first-order chi connectivity index (χ1) is 16.9. The normalized spacial score (nSPS) is 38.7. The van der Waals surface area contributed by atoms with Crippen molar-refractivity contribution in [2.24, 2.45) is 11.3 Å². The van der Waals surface area contributed by atoms with Crippen LogP contribution in [0.2, 0.25) is 0 Å². The maximum atomic E-state index is 11.1. The van der Waals surface area contributed by atoms with Gasteiger partial charge in [0.05, 0.1) is 28.4 Å². The van der Waals surface area contributed by atoms with Gasteiger partial charge < -0.3 is 14.6 Å². The first kappa shape index (κ1) is 7.16. The summed E-state index contributed by atoms with van der Waals surface area (Å²) in [4.78, 5) is 1.78. The molecule has 0 amide bonds. The van der Waals surface area contributed by atoms with Gasteiger partial charge in [-0.25, -0.2) is 0 Å². The molecule has 0 aromatic heterocycles. The number of ether oxygens (including phenoxy) is 2. The van der Waals surface area contributed by atoms with Crippen molar-refractivity contribution < 1.29 is 33.8 Å². The average molecular weight is 348 g/mol. The van der Waals surface area contributed by atoms with E-state index >= 15 is 0 Å². The molecule has 1 fully saturated rings. The summed E-state index contributed by atoms with van der Waals surface area (Å²) in [5.74, 6) is -1.99. The quantitative estimate of drug-likeness (QED) is 0.910. The van der Waals surface area contributed by atoms with Crippen LogP contribution in [0, 0.1) is 11.3 Å². The lowest BCUT2D eigenvalue weighted by Crippen LogP contribution is -2.48. The lowest BCUT2D eigenvalue weighted by atomic mass is 9.75. The first-order valence-electron chi connectivity index (χ1n) is 14.9. The maximum absolute atomic E-state index is 11.1. The summed E-state index contributed by atoms with van der Waals surface area (Å²) in [5, 5.41) is 11.1. The minimum Gasteiger partial charge on any atom is -0.493 e. The third-order valence-corrected chi connectivity index (χ3v) is 4.73. The number of methoxy groups -OCH3 is 2. The summed E-state index contributed by atoms with van der Waals surface area (Å²) in [6, 6.07) is 2.13. The van der Waals surface area contributed by atoms with Crippen molar-refractivity contribution in [3.05, 3.63) is 23.3 Å². The molecule has 0 bridgehead atoms. The van der Waals surface area contributed by atoms with E-state index in [0.717, 1.165) is 6.92 Å². The molecule has 0 radical (unpaired) electrons. The molecular weight excluding hydrogens is 302 g/mol. The second-order valence-corrected chi connectivity index (χ2v) is 6.64. The summed E-state index contributed by atoms with van der Waals surface area (Å²) >= 11 is 0. The van der Waals surface area contributed by atoms with Crippen LogP contribution in [0.1, 0.15) is 69.8 Å². The molecule has 0 saturated carbocycles. The van der Waals surface area contributed by atoms with E-state index in [1.165, 1.54) is 12.1 Å². The largest absolute Gasteiger partial charge is 0.493 e. The Kier molecular flexibility index (Phi) is 1.96. The Morgan fingerprint density at radius 2 is 2.08 bits per heavy atom. The zero-order chi connectivity index (χ0) is 29.3. The fourth-order valence-electron chi connectivity index (χ4n) is 3.70. The first-order valence-corrected chi connectivity index (χ1v) is 7.86. The highest BCUT2D eigenvalue weighted by Crippen LogP contribution is 2.44. The molecular formula is C20H31NO3. The van der Waals surface area contributed by atoms with Crippen LogP contribution in [0.25, 0.3) is 0 Å². The number of hydrogen-bond donors (Lipinski definition) is 1. The molecule has 2 aliphatic rings. The van der Waals surface area contributed by atoms with E-state index in [4.69, 9.17) is 28.7 Å². The van der Waals surface area contributed by atoms with Gasteiger partial charge in [-0.15, -0.1) is 0 Å². The van der Waals surface area contributed by atoms with Crippen LogP contribution in [-0.4, -0.2) is 43.3 Å². The Bertz CT molecular complexity index is 1020. The lowest BCUT2D eigenvalue weighted by Gasteiger charge is -2.47. The molecule has 3 unspecified atom stereocenters. The van der Waals surface area contributed by atoms with Crippen LogP contribution in [0.5, 0.6) is 11.5 Å². The third-order valence-electron chi connectivity index (χ3n) is 4.73. The smallest absolute Gasteiger partial charge is 0.161 e. The van der Waals surface area contributed by atoms with Gasteiger partial charge in [-0.3, -0.25) is 4.90 Å². The Morgan fingerprint density at radius 1 is 1.33 bits per heavy atom. The van der Waals surface area contributed by atoms with Crippen LogP contribution < -0.4 is 9.47 Å². The van der Waals surface area contributed by atoms with Gasteiger partial charge in [0.15, 0.2) is 11.5 Å². The highest BCUT2D eigenvalue weighted by molar-refractivity contribution is 5.49. The molecule has 1 aromatic rings. The van der Waals surface area contributed by atoms with Gasteiger partial charge in [-0.05, 0) is 53.8 Å². The maximum Gasteiger partial charge on any atom is 0.161 e. The standard InChI is InChI=1S/C20H31NO3/c1-20(2,3)11-14-12-21-7-6-13-8-18(23-4)19(24-5)9-15(13)16(21)10-17(14)22/h8-9,14,16-17,22H,6-7,10-12H2,1-5H3/i1D3,2D3,4D3,5D3,11D2. The van der Waals surface area contributed by atoms with Gasteiger partial charge in [0.2, 0.25) is 0 Å². The summed E-state index contributed by atoms with van der Waals surface area (Å²) in [7, 11) is -5.79. The summed E-state index contributed by atoms with van der Waals surface area (Å²) in [6.07, 6.45) is -4.06. The van der Waals surface area contributed by atoms with Crippen molar-refractivity contribution in [1.82, 2.24) is 4.90 Å². The SMILES string of the molecule is [2H]C([2H])([2H])Oc1cc2c(cc1OC([2H])([2H])[2H])C1CC(O)C(C([2H])([2H])C(C)(C([2H])([2H])[2H])C([2H])([2H])[2H])CN1CC2. The molecule has 1 N–H and O–H groups in total. The third kappa shape index (κ3) is 3.40. The van der Waals surface area contributed by atoms with E-state index in [1.807, 2.05) is 0 Å². The van der Waals surface area contributed by atoms with Gasteiger partial charge in [-0.1, -0.05) is 20.6 Å². The average Bonchev–Trinajstić information content (AvgIpc) is 2.69. The second-order valence-electron chi connectivity index (χ2n) is 6.64. The number of aliphatic hydroxyl groups is 1. The van der Waals surface area contributed by atoms with Crippen molar-refractivity contribution >= 4 is 0 Å². The Hall–Kier alpha value is -1.26. The Morgan fingerprint density at radius 3 is 2.79 bits per heavy atom. The van der Waals surface area contributed by atoms with E-state index in [-0.39, 0.29) is 24.5 Å². The minimum atomic E-state index is -3.20. The predicted octanol–water partition coefficient (Wildman–Crippen LogP) is 3.42. The van der Waals surface area contributed by atoms with Gasteiger partial charge in [-0.2, -0.15) is 0 Å². The number of hydrogen-bond acceptors (Lipinski definition) is 4. The molecule has 24 heavy (non-hydrogen) atoms. The molecule has 1 saturated heterocycles. The van der Waals surface area contributed by atoms with E-state index in [9.17, 15) is 5.11 Å². The number of aliphatic hydroxyl groups excluding tert-OH is 1. The molecule has 1 aromatic carbocycles. The zero-order valence-electron chi connectivity index (χ0n) is 27.4. The van der Waals surface area contributed by atoms with Crippen LogP contribution in [0.3, 0.4) is 0 Å². The van der Waals surface area contributed by atoms with Crippen LogP contribution in [-0.2, 0) is 6.42 Å². The molecule has 3 atom stereocenters. The number of nitrogens with zero attached hydrogens (tertiary/aromatic N) is 1. The zero-order valence-corrected chi connectivity index (χ0v) is 13.4. The van der Waals surface area contributed by atoms with Crippen molar-refractivity contribution in [2.75, 3.05) is 27.2 Å². The second kappa shape index (κ2) is 6.57. The van der Waals surface area contributed by atoms with Gasteiger partial charge >= 0.3 is 0 Å². The van der Waals surface area contributed by atoms with Crippen molar-refractivity contribution in [1.29, 1.82) is 0 Å². The molecule has 0 spiro atoms. The summed E-state index contributed by atoms with van der Waals surface area (Å²) in [5.41, 5.74) is -1.64. The molecule has 2 aliphatic heterocycles. The minimum absolute atomic E-state index is 0.109. The number of benzene rings is 1. The van der Waals surface area contributed by atoms with Crippen LogP contribution in [0.4, 0.5) is 0 Å². The monoisotopic (exact) mass is 347 g/mol. The van der Waals surface area contributed by atoms with Crippen molar-refractivity contribution in [2.45, 2.75) is 52.0 Å². The predicted molar refractivity (Wildman–Crippen MR) is 95.7 cm³/mol. The number of fused-ring (bicyclic) bond motifs is 3. The molecule has 2 heterocycles. The molecule has 4 heteroatoms. The molecule has 3 rings (SSSR count). The molecule has 4 nitrogen and oxygen atoms in total. The Balaban J connectivity index is 2.01. The highest BCUT2D eigenvalue weighted by Gasteiger charge is 2.39. The summed E-state index contributed by atoms with van der Waals surface area (Å²) in [6.45, 7) is -5.39. The fraction of sp³-hybridized carbons (Fsp3) is 0.700. The van der Waals surface area contributed by atoms with Crippen LogP contribution >= 0.6 is 0 Å². The van der Waals surface area contributed by atoms with Crippen LogP contribution in [0.15, 0.2) is 12.1 Å². The van der Waals surface area contributed by atoms with E-state index in [2.05, 4.69) is 0 Å².